The average Bonchev–Trinajstić information content (AvgIpc) is 3.20. The highest BCUT2D eigenvalue weighted by atomic mass is 16.2. The van der Waals surface area contributed by atoms with Crippen LogP contribution in [0.3, 0.4) is 0 Å². The van der Waals surface area contributed by atoms with E-state index in [1.54, 1.807) is 18.6 Å². The molecular weight excluding hydrogens is 328 g/mol. The molecule has 2 atom stereocenters. The lowest BCUT2D eigenvalue weighted by atomic mass is 9.83. The van der Waals surface area contributed by atoms with Gasteiger partial charge in [0.15, 0.2) is 0 Å². The van der Waals surface area contributed by atoms with Crippen LogP contribution >= 0.6 is 0 Å². The predicted molar refractivity (Wildman–Crippen MR) is 96.3 cm³/mol. The normalized spacial score (nSPS) is 22.8. The molecule has 0 aliphatic carbocycles. The Morgan fingerprint density at radius 3 is 3.12 bits per heavy atom. The van der Waals surface area contributed by atoms with Crippen molar-refractivity contribution in [1.29, 1.82) is 5.26 Å². The molecule has 0 radical (unpaired) electrons. The van der Waals surface area contributed by atoms with E-state index in [0.717, 1.165) is 50.4 Å². The molecule has 2 aliphatic heterocycles. The van der Waals surface area contributed by atoms with Crippen molar-refractivity contribution < 1.29 is 4.79 Å². The van der Waals surface area contributed by atoms with Crippen molar-refractivity contribution in [2.24, 2.45) is 5.92 Å². The molecule has 4 heterocycles. The number of rotatable bonds is 4. The van der Waals surface area contributed by atoms with Crippen molar-refractivity contribution in [1.82, 2.24) is 19.9 Å². The SMILES string of the molecule is N#Cc1ccnc(N2CC[C@H]3[C@H](CCC(=O)N3CCc3cnc[nH]3)C2)c1. The zero-order valence-corrected chi connectivity index (χ0v) is 14.6. The van der Waals surface area contributed by atoms with Crippen LogP contribution < -0.4 is 4.90 Å². The van der Waals surface area contributed by atoms with Gasteiger partial charge in [-0.3, -0.25) is 4.79 Å². The molecule has 2 fully saturated rings. The van der Waals surface area contributed by atoms with Crippen molar-refractivity contribution in [2.45, 2.75) is 31.7 Å². The number of anilines is 1. The van der Waals surface area contributed by atoms with E-state index in [9.17, 15) is 4.79 Å². The molecule has 0 aromatic carbocycles. The van der Waals surface area contributed by atoms with Crippen LogP contribution in [0.2, 0.25) is 0 Å². The van der Waals surface area contributed by atoms with Gasteiger partial charge < -0.3 is 14.8 Å². The Bertz CT molecular complexity index is 812. The third-order valence-corrected chi connectivity index (χ3v) is 5.52. The number of piperidine rings is 2. The summed E-state index contributed by atoms with van der Waals surface area (Å²) in [6.45, 7) is 2.49. The molecule has 2 aromatic heterocycles. The number of aromatic nitrogens is 3. The van der Waals surface area contributed by atoms with Crippen molar-refractivity contribution in [3.8, 4) is 6.07 Å². The second kappa shape index (κ2) is 7.16. The van der Waals surface area contributed by atoms with Crippen molar-refractivity contribution >= 4 is 11.7 Å². The molecular formula is C19H22N6O. The minimum Gasteiger partial charge on any atom is -0.356 e. The Morgan fingerprint density at radius 2 is 2.31 bits per heavy atom. The van der Waals surface area contributed by atoms with Crippen molar-refractivity contribution in [2.75, 3.05) is 24.5 Å². The van der Waals surface area contributed by atoms with Crippen LogP contribution in [-0.2, 0) is 11.2 Å². The second-order valence-electron chi connectivity index (χ2n) is 7.03. The van der Waals surface area contributed by atoms with E-state index in [1.165, 1.54) is 0 Å². The van der Waals surface area contributed by atoms with Gasteiger partial charge in [0.2, 0.25) is 5.91 Å². The summed E-state index contributed by atoms with van der Waals surface area (Å²) in [7, 11) is 0. The van der Waals surface area contributed by atoms with Gasteiger partial charge in [-0.15, -0.1) is 0 Å². The highest BCUT2D eigenvalue weighted by Gasteiger charge is 2.39. The number of pyridine rings is 1. The van der Waals surface area contributed by atoms with E-state index in [0.29, 0.717) is 23.9 Å². The Kier molecular flexibility index (Phi) is 4.57. The van der Waals surface area contributed by atoms with E-state index < -0.39 is 0 Å². The van der Waals surface area contributed by atoms with Gasteiger partial charge >= 0.3 is 0 Å². The first-order valence-electron chi connectivity index (χ1n) is 9.12. The molecule has 7 heteroatoms. The van der Waals surface area contributed by atoms with Crippen LogP contribution in [0, 0.1) is 17.2 Å². The van der Waals surface area contributed by atoms with Crippen LogP contribution in [0.4, 0.5) is 5.82 Å². The first kappa shape index (κ1) is 16.6. The summed E-state index contributed by atoms with van der Waals surface area (Å²) >= 11 is 0. The summed E-state index contributed by atoms with van der Waals surface area (Å²) in [5.74, 6) is 1.59. The van der Waals surface area contributed by atoms with E-state index in [4.69, 9.17) is 5.26 Å². The lowest BCUT2D eigenvalue weighted by Crippen LogP contribution is -2.56. The average molecular weight is 350 g/mol. The number of nitriles is 1. The van der Waals surface area contributed by atoms with Crippen LogP contribution in [0.15, 0.2) is 30.9 Å². The van der Waals surface area contributed by atoms with Crippen LogP contribution in [-0.4, -0.2) is 51.4 Å². The number of imidazole rings is 1. The summed E-state index contributed by atoms with van der Waals surface area (Å²) in [4.78, 5) is 28.4. The zero-order chi connectivity index (χ0) is 17.9. The Balaban J connectivity index is 1.44. The van der Waals surface area contributed by atoms with Gasteiger partial charge in [-0.05, 0) is 30.9 Å². The number of nitrogens with zero attached hydrogens (tertiary/aromatic N) is 5. The van der Waals surface area contributed by atoms with Crippen LogP contribution in [0.25, 0.3) is 0 Å². The number of hydrogen-bond donors (Lipinski definition) is 1. The summed E-state index contributed by atoms with van der Waals surface area (Å²) in [6, 6.07) is 6.06. The van der Waals surface area contributed by atoms with Gasteiger partial charge in [0, 0.05) is 56.6 Å². The molecule has 2 saturated heterocycles. The molecule has 26 heavy (non-hydrogen) atoms. The largest absolute Gasteiger partial charge is 0.356 e. The summed E-state index contributed by atoms with van der Waals surface area (Å²) < 4.78 is 0. The molecule has 2 aliphatic rings. The lowest BCUT2D eigenvalue weighted by Gasteiger charge is -2.47. The van der Waals surface area contributed by atoms with Crippen LogP contribution in [0.5, 0.6) is 0 Å². The molecule has 0 spiro atoms. The maximum Gasteiger partial charge on any atom is 0.222 e. The molecule has 1 N–H and O–H groups in total. The third-order valence-electron chi connectivity index (χ3n) is 5.52. The molecule has 4 rings (SSSR count). The number of amides is 1. The van der Waals surface area contributed by atoms with Crippen molar-refractivity contribution in [3.05, 3.63) is 42.1 Å². The number of fused-ring (bicyclic) bond motifs is 1. The van der Waals surface area contributed by atoms with Gasteiger partial charge in [-0.1, -0.05) is 0 Å². The van der Waals surface area contributed by atoms with Crippen molar-refractivity contribution in [3.63, 3.8) is 0 Å². The number of aromatic amines is 1. The number of carbonyl (C=O) groups is 1. The van der Waals surface area contributed by atoms with E-state index in [1.807, 2.05) is 12.3 Å². The standard InChI is InChI=1S/C19H22N6O/c20-10-14-3-6-22-18(9-14)24-7-5-17-15(12-24)1-2-19(26)25(17)8-4-16-11-21-13-23-16/h3,6,9,11,13,15,17H,1-2,4-5,7-8,12H2,(H,21,23)/t15-,17+/m1/s1. The fraction of sp³-hybridized carbons (Fsp3) is 0.474. The fourth-order valence-electron chi connectivity index (χ4n) is 4.17. The van der Waals surface area contributed by atoms with Gasteiger partial charge in [0.1, 0.15) is 5.82 Å². The summed E-state index contributed by atoms with van der Waals surface area (Å²) in [5.41, 5.74) is 1.70. The monoisotopic (exact) mass is 350 g/mol. The molecule has 1 amide bonds. The van der Waals surface area contributed by atoms with E-state index >= 15 is 0 Å². The molecule has 0 unspecified atom stereocenters. The third kappa shape index (κ3) is 3.27. The van der Waals surface area contributed by atoms with Crippen LogP contribution in [0.1, 0.15) is 30.5 Å². The predicted octanol–water partition coefficient (Wildman–Crippen LogP) is 1.74. The fourth-order valence-corrected chi connectivity index (χ4v) is 4.17. The number of carbonyl (C=O) groups excluding carboxylic acids is 1. The first-order valence-corrected chi connectivity index (χ1v) is 9.12. The Labute approximate surface area is 152 Å². The van der Waals surface area contributed by atoms with Gasteiger partial charge in [-0.25, -0.2) is 9.97 Å². The topological polar surface area (TPSA) is 88.9 Å². The quantitative estimate of drug-likeness (QED) is 0.907. The number of likely N-dealkylation sites (tertiary alicyclic amines) is 1. The number of nitrogens with one attached hydrogen (secondary N) is 1. The minimum atomic E-state index is 0.267. The highest BCUT2D eigenvalue weighted by Crippen LogP contribution is 2.33. The summed E-state index contributed by atoms with van der Waals surface area (Å²) in [6.07, 6.45) is 8.49. The first-order chi connectivity index (χ1) is 12.7. The van der Waals surface area contributed by atoms with Gasteiger partial charge in [-0.2, -0.15) is 5.26 Å². The summed E-state index contributed by atoms with van der Waals surface area (Å²) in [5, 5.41) is 9.10. The number of H-pyrrole nitrogens is 1. The smallest absolute Gasteiger partial charge is 0.222 e. The Morgan fingerprint density at radius 1 is 1.38 bits per heavy atom. The second-order valence-corrected chi connectivity index (χ2v) is 7.03. The molecule has 2 aromatic rings. The lowest BCUT2D eigenvalue weighted by molar-refractivity contribution is -0.139. The molecule has 134 valence electrons. The molecule has 0 bridgehead atoms. The zero-order valence-electron chi connectivity index (χ0n) is 14.6. The van der Waals surface area contributed by atoms with E-state index in [2.05, 4.69) is 30.8 Å². The maximum atomic E-state index is 12.5. The number of hydrogen-bond acceptors (Lipinski definition) is 5. The van der Waals surface area contributed by atoms with Gasteiger partial charge in [0.25, 0.3) is 0 Å². The van der Waals surface area contributed by atoms with E-state index in [-0.39, 0.29) is 5.91 Å². The molecule has 0 saturated carbocycles. The molecule has 7 nitrogen and oxygen atoms in total. The highest BCUT2D eigenvalue weighted by molar-refractivity contribution is 5.77. The minimum absolute atomic E-state index is 0.267. The van der Waals surface area contributed by atoms with Gasteiger partial charge in [0.05, 0.1) is 18.0 Å². The maximum absolute atomic E-state index is 12.5. The Hall–Kier alpha value is -2.88.